The first-order valence-corrected chi connectivity index (χ1v) is 10.4. The van der Waals surface area contributed by atoms with Crippen molar-refractivity contribution in [1.29, 1.82) is 0 Å². The summed E-state index contributed by atoms with van der Waals surface area (Å²) in [7, 11) is 0. The summed E-state index contributed by atoms with van der Waals surface area (Å²) in [5.41, 5.74) is 4.97. The number of carbonyl (C=O) groups excluding carboxylic acids is 1. The van der Waals surface area contributed by atoms with Crippen molar-refractivity contribution in [3.63, 3.8) is 0 Å². The van der Waals surface area contributed by atoms with Crippen molar-refractivity contribution in [3.05, 3.63) is 107 Å². The number of benzene rings is 2. The van der Waals surface area contributed by atoms with Crippen molar-refractivity contribution >= 4 is 5.91 Å². The van der Waals surface area contributed by atoms with E-state index in [1.54, 1.807) is 42.5 Å². The van der Waals surface area contributed by atoms with E-state index >= 15 is 0 Å². The van der Waals surface area contributed by atoms with E-state index in [9.17, 15) is 18.0 Å². The number of nitrogens with zero attached hydrogens (tertiary/aromatic N) is 1. The average Bonchev–Trinajstić information content (AvgIpc) is 2.83. The smallest absolute Gasteiger partial charge is 0.452 e. The first-order chi connectivity index (χ1) is 16.3. The molecule has 0 bridgehead atoms. The molecule has 1 amide bonds. The Kier molecular flexibility index (Phi) is 8.64. The van der Waals surface area contributed by atoms with Crippen LogP contribution < -0.4 is 10.2 Å². The molecule has 0 spiro atoms. The van der Waals surface area contributed by atoms with Gasteiger partial charge in [-0.2, -0.15) is 13.2 Å². The van der Waals surface area contributed by atoms with Crippen LogP contribution in [0.2, 0.25) is 0 Å². The number of rotatable bonds is 10. The zero-order valence-corrected chi connectivity index (χ0v) is 18.3. The van der Waals surface area contributed by atoms with E-state index in [-0.39, 0.29) is 24.7 Å². The third kappa shape index (κ3) is 7.63. The molecule has 0 aliphatic carbocycles. The number of aromatic nitrogens is 1. The van der Waals surface area contributed by atoms with Crippen LogP contribution in [0, 0.1) is 0 Å². The molecule has 2 aromatic carbocycles. The van der Waals surface area contributed by atoms with Gasteiger partial charge in [-0.25, -0.2) is 10.5 Å². The summed E-state index contributed by atoms with van der Waals surface area (Å²) in [6, 6.07) is 20.9. The van der Waals surface area contributed by atoms with Gasteiger partial charge in [0.05, 0.1) is 13.2 Å². The van der Waals surface area contributed by atoms with Crippen molar-refractivity contribution in [2.75, 3.05) is 6.61 Å². The van der Waals surface area contributed by atoms with E-state index in [4.69, 9.17) is 9.57 Å². The molecule has 0 saturated heterocycles. The Morgan fingerprint density at radius 1 is 0.971 bits per heavy atom. The van der Waals surface area contributed by atoms with E-state index in [0.717, 1.165) is 11.1 Å². The maximum absolute atomic E-state index is 12.8. The molecule has 0 aliphatic heterocycles. The van der Waals surface area contributed by atoms with Gasteiger partial charge >= 0.3 is 6.18 Å². The minimum atomic E-state index is -4.63. The minimum absolute atomic E-state index is 0.128. The predicted octanol–water partition coefficient (Wildman–Crippen LogP) is 5.35. The number of nitrogens with one attached hydrogen (secondary N) is 1. The Morgan fingerprint density at radius 3 is 2.38 bits per heavy atom. The molecular weight excluding hydrogens is 449 g/mol. The Labute approximate surface area is 194 Å². The van der Waals surface area contributed by atoms with Crippen molar-refractivity contribution in [2.24, 2.45) is 0 Å². The highest BCUT2D eigenvalue weighted by Crippen LogP contribution is 2.27. The highest BCUT2D eigenvalue weighted by atomic mass is 19.4. The first-order valence-electron chi connectivity index (χ1n) is 10.4. The second-order valence-corrected chi connectivity index (χ2v) is 7.07. The van der Waals surface area contributed by atoms with Gasteiger partial charge in [0.1, 0.15) is 17.7 Å². The molecule has 0 atom stereocenters. The van der Waals surface area contributed by atoms with E-state index in [0.29, 0.717) is 18.4 Å². The largest absolute Gasteiger partial charge is 0.487 e. The second-order valence-electron chi connectivity index (χ2n) is 7.07. The zero-order chi connectivity index (χ0) is 24.4. The number of halogens is 3. The van der Waals surface area contributed by atoms with Gasteiger partial charge in [0.15, 0.2) is 0 Å². The lowest BCUT2D eigenvalue weighted by molar-refractivity contribution is -0.132. The molecule has 34 heavy (non-hydrogen) atoms. The van der Waals surface area contributed by atoms with Gasteiger partial charge in [-0.05, 0) is 42.3 Å². The van der Waals surface area contributed by atoms with Crippen LogP contribution in [0.1, 0.15) is 34.2 Å². The lowest BCUT2D eigenvalue weighted by atomic mass is 10.1. The quantitative estimate of drug-likeness (QED) is 0.318. The summed E-state index contributed by atoms with van der Waals surface area (Å²) < 4.78 is 48.2. The molecule has 0 saturated carbocycles. The molecule has 3 aromatic rings. The molecule has 6 nitrogen and oxygen atoms in total. The van der Waals surface area contributed by atoms with Crippen LogP contribution in [0.25, 0.3) is 0 Å². The van der Waals surface area contributed by atoms with E-state index in [1.807, 2.05) is 30.3 Å². The molecule has 9 heteroatoms. The summed E-state index contributed by atoms with van der Waals surface area (Å²) in [5, 5.41) is 0. The van der Waals surface area contributed by atoms with Crippen molar-refractivity contribution in [1.82, 2.24) is 10.5 Å². The average molecular weight is 472 g/mol. The summed E-state index contributed by atoms with van der Waals surface area (Å²) in [5.74, 6) is -1.45. The van der Waals surface area contributed by atoms with Gasteiger partial charge in [-0.1, -0.05) is 48.5 Å². The lowest BCUT2D eigenvalue weighted by Crippen LogP contribution is -2.24. The highest BCUT2D eigenvalue weighted by molar-refractivity contribution is 5.91. The molecule has 0 radical (unpaired) electrons. The number of amides is 1. The Hall–Kier alpha value is -3.85. The van der Waals surface area contributed by atoms with Gasteiger partial charge in [0.25, 0.3) is 5.91 Å². The van der Waals surface area contributed by atoms with Gasteiger partial charge in [-0.15, -0.1) is 0 Å². The summed E-state index contributed by atoms with van der Waals surface area (Å²) in [6.45, 7) is 1.56. The maximum Gasteiger partial charge on any atom is 0.452 e. The highest BCUT2D eigenvalue weighted by Gasteiger charge is 2.36. The van der Waals surface area contributed by atoms with Crippen molar-refractivity contribution in [2.45, 2.75) is 26.1 Å². The molecular formula is C25H23F3N2O4. The van der Waals surface area contributed by atoms with Gasteiger partial charge in [-0.3, -0.25) is 9.63 Å². The van der Waals surface area contributed by atoms with Crippen molar-refractivity contribution < 1.29 is 32.3 Å². The fourth-order valence-corrected chi connectivity index (χ4v) is 2.87. The number of ether oxygens (including phenoxy) is 2. The first kappa shape index (κ1) is 24.8. The Bertz CT molecular complexity index is 1100. The molecule has 0 unspecified atom stereocenters. The Morgan fingerprint density at radius 2 is 1.71 bits per heavy atom. The van der Waals surface area contributed by atoms with Crippen LogP contribution >= 0.6 is 0 Å². The van der Waals surface area contributed by atoms with E-state index < -0.39 is 17.8 Å². The van der Waals surface area contributed by atoms with Crippen LogP contribution in [0.4, 0.5) is 13.2 Å². The number of carbonyl (C=O) groups is 1. The fourth-order valence-electron chi connectivity index (χ4n) is 2.87. The number of allylic oxidation sites excluding steroid dienone is 1. The predicted molar refractivity (Wildman–Crippen MR) is 119 cm³/mol. The number of hydroxylamine groups is 1. The van der Waals surface area contributed by atoms with Gasteiger partial charge in [0.2, 0.25) is 5.76 Å². The molecule has 0 aliphatic rings. The normalized spacial score (nSPS) is 11.7. The number of pyridine rings is 1. The molecule has 1 heterocycles. The standard InChI is InChI=1S/C25H23F3N2O4/c1-2-32-23(25(26,27)28)17-33-21-13-11-18(12-14-21)15-20-9-6-10-22(29-20)24(31)30-34-16-19-7-4-3-5-8-19/h3-14,17H,2,15-16H2,1H3,(H,30,31)/b23-17-. The molecule has 178 valence electrons. The fraction of sp³-hybridized carbons (Fsp3) is 0.200. The zero-order valence-electron chi connectivity index (χ0n) is 18.3. The molecule has 1 aromatic heterocycles. The van der Waals surface area contributed by atoms with Gasteiger partial charge < -0.3 is 9.47 Å². The Balaban J connectivity index is 1.56. The minimum Gasteiger partial charge on any atom is -0.487 e. The van der Waals surface area contributed by atoms with E-state index in [1.165, 1.54) is 6.92 Å². The van der Waals surface area contributed by atoms with Crippen LogP contribution in [0.3, 0.4) is 0 Å². The molecule has 1 N–H and O–H groups in total. The second kappa shape index (κ2) is 11.9. The topological polar surface area (TPSA) is 69.7 Å². The maximum atomic E-state index is 12.8. The van der Waals surface area contributed by atoms with Crippen molar-refractivity contribution in [3.8, 4) is 5.75 Å². The lowest BCUT2D eigenvalue weighted by Gasteiger charge is -2.12. The third-order valence-electron chi connectivity index (χ3n) is 4.48. The van der Waals surface area contributed by atoms with Crippen LogP contribution in [0.5, 0.6) is 5.75 Å². The third-order valence-corrected chi connectivity index (χ3v) is 4.48. The van der Waals surface area contributed by atoms with Crippen LogP contribution in [-0.4, -0.2) is 23.7 Å². The van der Waals surface area contributed by atoms with Crippen LogP contribution in [-0.2, 0) is 22.6 Å². The SMILES string of the molecule is CCO/C(=C\Oc1ccc(Cc2cccc(C(=O)NOCc3ccccc3)n2)cc1)C(F)(F)F. The molecule has 3 rings (SSSR count). The summed E-state index contributed by atoms with van der Waals surface area (Å²) >= 11 is 0. The van der Waals surface area contributed by atoms with Crippen LogP contribution in [0.15, 0.2) is 84.8 Å². The van der Waals surface area contributed by atoms with Gasteiger partial charge in [0, 0.05) is 12.1 Å². The van der Waals surface area contributed by atoms with E-state index in [2.05, 4.69) is 15.2 Å². The summed E-state index contributed by atoms with van der Waals surface area (Å²) in [4.78, 5) is 21.9. The summed E-state index contributed by atoms with van der Waals surface area (Å²) in [6.07, 6.45) is -3.68. The monoisotopic (exact) mass is 472 g/mol. The number of alkyl halides is 3. The molecule has 0 fully saturated rings. The number of hydrogen-bond acceptors (Lipinski definition) is 5. The number of hydrogen-bond donors (Lipinski definition) is 1.